The van der Waals surface area contributed by atoms with E-state index in [4.69, 9.17) is 5.11 Å². The molecule has 0 saturated carbocycles. The van der Waals surface area contributed by atoms with Gasteiger partial charge in [-0.3, -0.25) is 14.5 Å². The van der Waals surface area contributed by atoms with E-state index in [1.165, 1.54) is 0 Å². The average molecular weight is 290 g/mol. The number of nitrogens with zero attached hydrogens (tertiary/aromatic N) is 2. The van der Waals surface area contributed by atoms with Crippen molar-refractivity contribution in [2.45, 2.75) is 26.8 Å². The van der Waals surface area contributed by atoms with Crippen molar-refractivity contribution in [3.05, 3.63) is 34.9 Å². The van der Waals surface area contributed by atoms with Gasteiger partial charge in [0.05, 0.1) is 0 Å². The fourth-order valence-electron chi connectivity index (χ4n) is 2.62. The number of carbonyl (C=O) groups is 2. The molecule has 114 valence electrons. The molecule has 5 heteroatoms. The fourth-order valence-corrected chi connectivity index (χ4v) is 2.62. The predicted molar refractivity (Wildman–Crippen MR) is 80.5 cm³/mol. The molecule has 1 amide bonds. The summed E-state index contributed by atoms with van der Waals surface area (Å²) >= 11 is 0. The van der Waals surface area contributed by atoms with Crippen LogP contribution in [0, 0.1) is 13.8 Å². The fraction of sp³-hybridized carbons (Fsp3) is 0.500. The molecule has 5 nitrogen and oxygen atoms in total. The number of aliphatic carboxylic acids is 1. The van der Waals surface area contributed by atoms with Crippen LogP contribution in [0.2, 0.25) is 0 Å². The first-order chi connectivity index (χ1) is 9.91. The van der Waals surface area contributed by atoms with Crippen LogP contribution in [0.25, 0.3) is 0 Å². The molecule has 1 atom stereocenters. The maximum Gasteiger partial charge on any atom is 0.320 e. The molecule has 0 aromatic heterocycles. The summed E-state index contributed by atoms with van der Waals surface area (Å²) in [7, 11) is 0. The van der Waals surface area contributed by atoms with Gasteiger partial charge in [0.1, 0.15) is 6.04 Å². The Morgan fingerprint density at radius 3 is 2.33 bits per heavy atom. The molecule has 2 rings (SSSR count). The SMILES string of the molecule is Cc1cccc(C(=O)N2CCN(C(C)C(=O)O)CC2)c1C. The zero-order valence-electron chi connectivity index (χ0n) is 12.8. The molecule has 1 fully saturated rings. The lowest BCUT2D eigenvalue weighted by Gasteiger charge is -2.36. The van der Waals surface area contributed by atoms with Crippen LogP contribution in [-0.4, -0.2) is 59.0 Å². The summed E-state index contributed by atoms with van der Waals surface area (Å²) in [5, 5.41) is 9.03. The smallest absolute Gasteiger partial charge is 0.320 e. The number of piperazine rings is 1. The van der Waals surface area contributed by atoms with Crippen LogP contribution in [0.5, 0.6) is 0 Å². The van der Waals surface area contributed by atoms with E-state index in [1.807, 2.05) is 41.8 Å². The highest BCUT2D eigenvalue weighted by Gasteiger charge is 2.28. The quantitative estimate of drug-likeness (QED) is 0.917. The predicted octanol–water partition coefficient (Wildman–Crippen LogP) is 1.53. The van der Waals surface area contributed by atoms with Crippen molar-refractivity contribution in [3.63, 3.8) is 0 Å². The minimum atomic E-state index is -0.815. The van der Waals surface area contributed by atoms with E-state index in [0.29, 0.717) is 26.2 Å². The molecule has 1 unspecified atom stereocenters. The lowest BCUT2D eigenvalue weighted by atomic mass is 10.0. The maximum absolute atomic E-state index is 12.6. The number of carboxylic acid groups (broad SMARTS) is 1. The molecule has 0 spiro atoms. The van der Waals surface area contributed by atoms with Gasteiger partial charge in [-0.25, -0.2) is 0 Å². The van der Waals surface area contributed by atoms with Crippen molar-refractivity contribution in [1.82, 2.24) is 9.80 Å². The Labute approximate surface area is 125 Å². The number of benzene rings is 1. The number of hydrogen-bond donors (Lipinski definition) is 1. The maximum atomic E-state index is 12.6. The molecule has 21 heavy (non-hydrogen) atoms. The van der Waals surface area contributed by atoms with Gasteiger partial charge >= 0.3 is 5.97 Å². The molecule has 1 N–H and O–H groups in total. The van der Waals surface area contributed by atoms with Crippen LogP contribution >= 0.6 is 0 Å². The summed E-state index contributed by atoms with van der Waals surface area (Å²) in [4.78, 5) is 27.3. The highest BCUT2D eigenvalue weighted by molar-refractivity contribution is 5.96. The topological polar surface area (TPSA) is 60.9 Å². The Morgan fingerprint density at radius 1 is 1.14 bits per heavy atom. The zero-order chi connectivity index (χ0) is 15.6. The number of rotatable bonds is 3. The standard InChI is InChI=1S/C16H22N2O3/c1-11-5-4-6-14(12(11)2)15(19)18-9-7-17(8-10-18)13(3)16(20)21/h4-6,13H,7-10H2,1-3H3,(H,20,21). The van der Waals surface area contributed by atoms with E-state index in [2.05, 4.69) is 0 Å². The van der Waals surface area contributed by atoms with Crippen molar-refractivity contribution in [1.29, 1.82) is 0 Å². The van der Waals surface area contributed by atoms with E-state index < -0.39 is 12.0 Å². The van der Waals surface area contributed by atoms with Crippen LogP contribution < -0.4 is 0 Å². The molecular formula is C16H22N2O3. The van der Waals surface area contributed by atoms with Gasteiger partial charge in [-0.1, -0.05) is 12.1 Å². The molecule has 0 radical (unpaired) electrons. The first-order valence-corrected chi connectivity index (χ1v) is 7.24. The van der Waals surface area contributed by atoms with E-state index >= 15 is 0 Å². The lowest BCUT2D eigenvalue weighted by molar-refractivity contribution is -0.143. The lowest BCUT2D eigenvalue weighted by Crippen LogP contribution is -2.53. The van der Waals surface area contributed by atoms with E-state index in [-0.39, 0.29) is 5.91 Å². The van der Waals surface area contributed by atoms with Gasteiger partial charge in [0.2, 0.25) is 0 Å². The summed E-state index contributed by atoms with van der Waals surface area (Å²) in [5.74, 6) is -0.775. The third-order valence-electron chi connectivity index (χ3n) is 4.34. The molecular weight excluding hydrogens is 268 g/mol. The first kappa shape index (κ1) is 15.5. The van der Waals surface area contributed by atoms with Crippen LogP contribution in [0.3, 0.4) is 0 Å². The van der Waals surface area contributed by atoms with Gasteiger partial charge in [-0.15, -0.1) is 0 Å². The zero-order valence-corrected chi connectivity index (χ0v) is 12.8. The van der Waals surface area contributed by atoms with Crippen molar-refractivity contribution in [2.24, 2.45) is 0 Å². The van der Waals surface area contributed by atoms with Gasteiger partial charge in [0.15, 0.2) is 0 Å². The van der Waals surface area contributed by atoms with Gasteiger partial charge < -0.3 is 10.0 Å². The van der Waals surface area contributed by atoms with E-state index in [9.17, 15) is 9.59 Å². The Hall–Kier alpha value is -1.88. The van der Waals surface area contributed by atoms with Crippen LogP contribution in [0.4, 0.5) is 0 Å². The van der Waals surface area contributed by atoms with Gasteiger partial charge in [0, 0.05) is 31.7 Å². The van der Waals surface area contributed by atoms with Crippen molar-refractivity contribution >= 4 is 11.9 Å². The summed E-state index contributed by atoms with van der Waals surface area (Å²) in [5.41, 5.74) is 2.87. The first-order valence-electron chi connectivity index (χ1n) is 7.24. The molecule has 1 aliphatic rings. The molecule has 0 aliphatic carbocycles. The van der Waals surface area contributed by atoms with E-state index in [0.717, 1.165) is 16.7 Å². The Morgan fingerprint density at radius 2 is 1.76 bits per heavy atom. The highest BCUT2D eigenvalue weighted by atomic mass is 16.4. The molecule has 1 heterocycles. The second-order valence-corrected chi connectivity index (χ2v) is 5.59. The van der Waals surface area contributed by atoms with Crippen LogP contribution in [-0.2, 0) is 4.79 Å². The molecule has 1 aliphatic heterocycles. The summed E-state index contributed by atoms with van der Waals surface area (Å²) in [6, 6.07) is 5.26. The third-order valence-corrected chi connectivity index (χ3v) is 4.34. The Kier molecular flexibility index (Phi) is 4.63. The monoisotopic (exact) mass is 290 g/mol. The second-order valence-electron chi connectivity index (χ2n) is 5.59. The third kappa shape index (κ3) is 3.24. The second kappa shape index (κ2) is 6.26. The largest absolute Gasteiger partial charge is 0.480 e. The normalized spacial score (nSPS) is 17.6. The minimum absolute atomic E-state index is 0.0406. The Balaban J connectivity index is 2.04. The van der Waals surface area contributed by atoms with Crippen molar-refractivity contribution < 1.29 is 14.7 Å². The van der Waals surface area contributed by atoms with E-state index in [1.54, 1.807) is 6.92 Å². The highest BCUT2D eigenvalue weighted by Crippen LogP contribution is 2.16. The average Bonchev–Trinajstić information content (AvgIpc) is 2.48. The number of amides is 1. The summed E-state index contributed by atoms with van der Waals surface area (Å²) in [6.07, 6.45) is 0. The summed E-state index contributed by atoms with van der Waals surface area (Å²) in [6.45, 7) is 8.00. The van der Waals surface area contributed by atoms with Crippen molar-refractivity contribution in [3.8, 4) is 0 Å². The summed E-state index contributed by atoms with van der Waals surface area (Å²) < 4.78 is 0. The van der Waals surface area contributed by atoms with Crippen LogP contribution in [0.15, 0.2) is 18.2 Å². The van der Waals surface area contributed by atoms with Crippen molar-refractivity contribution in [2.75, 3.05) is 26.2 Å². The Bertz CT molecular complexity index is 548. The molecule has 1 saturated heterocycles. The van der Waals surface area contributed by atoms with Gasteiger partial charge in [-0.05, 0) is 38.0 Å². The van der Waals surface area contributed by atoms with Crippen LogP contribution in [0.1, 0.15) is 28.4 Å². The molecule has 1 aromatic rings. The molecule has 0 bridgehead atoms. The number of carboxylic acids is 1. The number of carbonyl (C=O) groups excluding carboxylic acids is 1. The number of aryl methyl sites for hydroxylation is 1. The number of hydrogen-bond acceptors (Lipinski definition) is 3. The van der Waals surface area contributed by atoms with Gasteiger partial charge in [0.25, 0.3) is 5.91 Å². The minimum Gasteiger partial charge on any atom is -0.480 e. The van der Waals surface area contributed by atoms with Gasteiger partial charge in [-0.2, -0.15) is 0 Å². The molecule has 1 aromatic carbocycles.